The van der Waals surface area contributed by atoms with Gasteiger partial charge in [0.25, 0.3) is 0 Å². The van der Waals surface area contributed by atoms with Gasteiger partial charge in [-0.2, -0.15) is 0 Å². The second kappa shape index (κ2) is 6.84. The Morgan fingerprint density at radius 1 is 1.42 bits per heavy atom. The van der Waals surface area contributed by atoms with Crippen LogP contribution in [0.4, 0.5) is 0 Å². The van der Waals surface area contributed by atoms with Gasteiger partial charge in [0.05, 0.1) is 5.25 Å². The van der Waals surface area contributed by atoms with E-state index in [4.69, 9.17) is 0 Å². The molecule has 1 atom stereocenters. The van der Waals surface area contributed by atoms with Crippen LogP contribution in [0.2, 0.25) is 0 Å². The number of rotatable bonds is 6. The average molecular weight is 206 g/mol. The number of hydrogen-bond acceptors (Lipinski definition) is 3. The fourth-order valence-corrected chi connectivity index (χ4v) is 3.29. The van der Waals surface area contributed by atoms with Crippen LogP contribution in [-0.4, -0.2) is 17.3 Å². The minimum atomic E-state index is 0.194. The van der Waals surface area contributed by atoms with Gasteiger partial charge in [-0.05, 0) is 18.6 Å². The summed E-state index contributed by atoms with van der Waals surface area (Å²) >= 11 is 0. The van der Waals surface area contributed by atoms with Gasteiger partial charge in [-0.1, -0.05) is 42.4 Å². The SMILES string of the molecule is CCCC(=O)[C@H](SSC)C(C)C. The van der Waals surface area contributed by atoms with Crippen molar-refractivity contribution in [2.75, 3.05) is 6.26 Å². The van der Waals surface area contributed by atoms with Gasteiger partial charge < -0.3 is 0 Å². The fourth-order valence-electron chi connectivity index (χ4n) is 1.03. The summed E-state index contributed by atoms with van der Waals surface area (Å²) in [7, 11) is 3.39. The zero-order chi connectivity index (χ0) is 9.56. The van der Waals surface area contributed by atoms with Gasteiger partial charge in [0.1, 0.15) is 5.78 Å². The van der Waals surface area contributed by atoms with E-state index in [1.54, 1.807) is 21.6 Å². The van der Waals surface area contributed by atoms with Crippen LogP contribution in [0, 0.1) is 5.92 Å². The van der Waals surface area contributed by atoms with Gasteiger partial charge in [0, 0.05) is 6.42 Å². The van der Waals surface area contributed by atoms with Crippen molar-refractivity contribution in [2.45, 2.75) is 38.9 Å². The van der Waals surface area contributed by atoms with Crippen LogP contribution in [0.15, 0.2) is 0 Å². The summed E-state index contributed by atoms with van der Waals surface area (Å²) in [5.74, 6) is 0.869. The van der Waals surface area contributed by atoms with Crippen molar-refractivity contribution >= 4 is 27.4 Å². The Morgan fingerprint density at radius 2 is 2.00 bits per heavy atom. The van der Waals surface area contributed by atoms with Crippen molar-refractivity contribution in [1.29, 1.82) is 0 Å². The van der Waals surface area contributed by atoms with Crippen LogP contribution in [0.25, 0.3) is 0 Å². The topological polar surface area (TPSA) is 17.1 Å². The number of ketones is 1. The Kier molecular flexibility index (Phi) is 7.05. The highest BCUT2D eigenvalue weighted by molar-refractivity contribution is 8.76. The zero-order valence-corrected chi connectivity index (χ0v) is 9.93. The third-order valence-electron chi connectivity index (χ3n) is 1.62. The molecule has 0 aromatic rings. The molecule has 0 spiro atoms. The third-order valence-corrected chi connectivity index (χ3v) is 4.03. The molecule has 0 aliphatic rings. The molecule has 0 heterocycles. The molecule has 0 aliphatic heterocycles. The highest BCUT2D eigenvalue weighted by Gasteiger charge is 2.21. The summed E-state index contributed by atoms with van der Waals surface area (Å²) in [5.41, 5.74) is 0. The van der Waals surface area contributed by atoms with Crippen LogP contribution in [0.1, 0.15) is 33.6 Å². The highest BCUT2D eigenvalue weighted by Crippen LogP contribution is 2.30. The summed E-state index contributed by atoms with van der Waals surface area (Å²) in [6.07, 6.45) is 3.73. The maximum absolute atomic E-state index is 11.5. The summed E-state index contributed by atoms with van der Waals surface area (Å²) in [6, 6.07) is 0. The second-order valence-electron chi connectivity index (χ2n) is 3.14. The quantitative estimate of drug-likeness (QED) is 0.620. The van der Waals surface area contributed by atoms with Crippen molar-refractivity contribution in [1.82, 2.24) is 0 Å². The summed E-state index contributed by atoms with van der Waals surface area (Å²) in [4.78, 5) is 11.5. The van der Waals surface area contributed by atoms with Crippen molar-refractivity contribution in [3.63, 3.8) is 0 Å². The van der Waals surface area contributed by atoms with Crippen molar-refractivity contribution < 1.29 is 4.79 Å². The molecule has 0 rings (SSSR count). The molecular weight excluding hydrogens is 188 g/mol. The number of hydrogen-bond donors (Lipinski definition) is 0. The lowest BCUT2D eigenvalue weighted by atomic mass is 10.0. The Morgan fingerprint density at radius 3 is 2.33 bits per heavy atom. The van der Waals surface area contributed by atoms with Gasteiger partial charge in [-0.15, -0.1) is 0 Å². The lowest BCUT2D eigenvalue weighted by Crippen LogP contribution is -2.21. The largest absolute Gasteiger partial charge is 0.298 e. The first kappa shape index (κ1) is 12.4. The molecule has 0 saturated heterocycles. The van der Waals surface area contributed by atoms with Gasteiger partial charge >= 0.3 is 0 Å². The van der Waals surface area contributed by atoms with Crippen LogP contribution < -0.4 is 0 Å². The molecule has 12 heavy (non-hydrogen) atoms. The molecule has 0 amide bonds. The number of Topliss-reactive ketones (excluding diaryl/α,β-unsaturated/α-hetero) is 1. The molecule has 0 aromatic heterocycles. The monoisotopic (exact) mass is 206 g/mol. The molecular formula is C9H18OS2. The molecule has 0 unspecified atom stereocenters. The third kappa shape index (κ3) is 4.41. The number of carbonyl (C=O) groups is 1. The first-order valence-corrected chi connectivity index (χ1v) is 6.97. The molecule has 1 nitrogen and oxygen atoms in total. The normalized spacial score (nSPS) is 13.4. The summed E-state index contributed by atoms with van der Waals surface area (Å²) in [6.45, 7) is 6.28. The molecule has 0 radical (unpaired) electrons. The van der Waals surface area contributed by atoms with Gasteiger partial charge in [-0.25, -0.2) is 0 Å². The highest BCUT2D eigenvalue weighted by atomic mass is 33.1. The van der Waals surface area contributed by atoms with Gasteiger partial charge in [-0.3, -0.25) is 4.79 Å². The minimum absolute atomic E-state index is 0.194. The Bertz CT molecular complexity index is 134. The van der Waals surface area contributed by atoms with E-state index in [0.29, 0.717) is 11.7 Å². The smallest absolute Gasteiger partial charge is 0.146 e. The van der Waals surface area contributed by atoms with E-state index in [1.807, 2.05) is 6.26 Å². The van der Waals surface area contributed by atoms with Crippen LogP contribution in [-0.2, 0) is 4.79 Å². The van der Waals surface area contributed by atoms with E-state index in [0.717, 1.165) is 12.8 Å². The van der Waals surface area contributed by atoms with Crippen LogP contribution >= 0.6 is 21.6 Å². The standard InChI is InChI=1S/C9H18OS2/c1-5-6-8(10)9(7(2)3)12-11-4/h7,9H,5-6H2,1-4H3/t9-/m1/s1. The van der Waals surface area contributed by atoms with E-state index < -0.39 is 0 Å². The van der Waals surface area contributed by atoms with E-state index in [2.05, 4.69) is 20.8 Å². The van der Waals surface area contributed by atoms with Crippen molar-refractivity contribution in [3.8, 4) is 0 Å². The maximum atomic E-state index is 11.5. The molecule has 0 bridgehead atoms. The predicted octanol–water partition coefficient (Wildman–Crippen LogP) is 3.39. The van der Waals surface area contributed by atoms with Gasteiger partial charge in [0.2, 0.25) is 0 Å². The Hall–Kier alpha value is 0.370. The summed E-state index contributed by atoms with van der Waals surface area (Å²) in [5, 5.41) is 0.194. The van der Waals surface area contributed by atoms with E-state index in [1.165, 1.54) is 0 Å². The Labute approximate surface area is 83.5 Å². The first-order chi connectivity index (χ1) is 5.63. The summed E-state index contributed by atoms with van der Waals surface area (Å²) < 4.78 is 0. The molecule has 0 N–H and O–H groups in total. The second-order valence-corrected chi connectivity index (χ2v) is 5.75. The maximum Gasteiger partial charge on any atom is 0.146 e. The molecule has 0 fully saturated rings. The molecule has 72 valence electrons. The molecule has 0 saturated carbocycles. The minimum Gasteiger partial charge on any atom is -0.298 e. The number of carbonyl (C=O) groups excluding carboxylic acids is 1. The fraction of sp³-hybridized carbons (Fsp3) is 0.889. The first-order valence-electron chi connectivity index (χ1n) is 4.35. The average Bonchev–Trinajstić information content (AvgIpc) is 1.99. The Balaban J connectivity index is 4.00. The van der Waals surface area contributed by atoms with Crippen molar-refractivity contribution in [3.05, 3.63) is 0 Å². The lowest BCUT2D eigenvalue weighted by molar-refractivity contribution is -0.119. The zero-order valence-electron chi connectivity index (χ0n) is 8.29. The van der Waals surface area contributed by atoms with Crippen molar-refractivity contribution in [2.24, 2.45) is 5.92 Å². The van der Waals surface area contributed by atoms with E-state index in [-0.39, 0.29) is 5.25 Å². The molecule has 0 aliphatic carbocycles. The van der Waals surface area contributed by atoms with Crippen LogP contribution in [0.5, 0.6) is 0 Å². The van der Waals surface area contributed by atoms with E-state index in [9.17, 15) is 4.79 Å². The molecule has 3 heteroatoms. The van der Waals surface area contributed by atoms with Crippen LogP contribution in [0.3, 0.4) is 0 Å². The molecule has 0 aromatic carbocycles. The van der Waals surface area contributed by atoms with Gasteiger partial charge in [0.15, 0.2) is 0 Å². The lowest BCUT2D eigenvalue weighted by Gasteiger charge is -2.16. The van der Waals surface area contributed by atoms with E-state index >= 15 is 0 Å². The predicted molar refractivity (Wildman–Crippen MR) is 59.6 cm³/mol.